The maximum atomic E-state index is 14.2. The summed E-state index contributed by atoms with van der Waals surface area (Å²) in [4.78, 5) is 0. The molecule has 6 nitrogen and oxygen atoms in total. The van der Waals surface area contributed by atoms with Crippen molar-refractivity contribution < 1.29 is 26.7 Å². The number of benzene rings is 1. The predicted octanol–water partition coefficient (Wildman–Crippen LogP) is 4.38. The van der Waals surface area contributed by atoms with Gasteiger partial charge in [-0.1, -0.05) is 6.07 Å². The largest absolute Gasteiger partial charge is 0.479 e. The third-order valence-corrected chi connectivity index (χ3v) is 4.46. The minimum absolute atomic E-state index is 0.116. The average Bonchev–Trinajstić information content (AvgIpc) is 3.29. The first-order valence-electron chi connectivity index (χ1n) is 7.31. The van der Waals surface area contributed by atoms with Crippen molar-refractivity contribution in [1.82, 2.24) is 19.8 Å². The van der Waals surface area contributed by atoms with Crippen LogP contribution in [-0.2, 0) is 0 Å². The Bertz CT molecular complexity index is 1160. The van der Waals surface area contributed by atoms with E-state index in [-0.39, 0.29) is 17.3 Å². The zero-order valence-electron chi connectivity index (χ0n) is 13.3. The first-order chi connectivity index (χ1) is 12.9. The van der Waals surface area contributed by atoms with Crippen LogP contribution in [0.3, 0.4) is 0 Å². The van der Waals surface area contributed by atoms with Crippen molar-refractivity contribution in [2.24, 2.45) is 0 Å². The Hall–Kier alpha value is -2.95. The molecule has 0 saturated heterocycles. The van der Waals surface area contributed by atoms with E-state index in [1.807, 2.05) is 0 Å². The van der Waals surface area contributed by atoms with E-state index in [4.69, 9.17) is 9.15 Å². The van der Waals surface area contributed by atoms with Gasteiger partial charge in [0.2, 0.25) is 5.88 Å². The Morgan fingerprint density at radius 3 is 2.22 bits per heavy atom. The lowest BCUT2D eigenvalue weighted by Gasteiger charge is -2.05. The van der Waals surface area contributed by atoms with Crippen molar-refractivity contribution in [3.63, 3.8) is 0 Å². The van der Waals surface area contributed by atoms with Crippen LogP contribution < -0.4 is 4.74 Å². The zero-order chi connectivity index (χ0) is 19.3. The molecule has 4 rings (SSSR count). The highest BCUT2D eigenvalue weighted by Gasteiger charge is 2.29. The summed E-state index contributed by atoms with van der Waals surface area (Å²) < 4.78 is 66.8. The molecular formula is C16H7BrF4N4O2. The number of nitrogens with zero attached hydrogens (tertiary/aromatic N) is 4. The van der Waals surface area contributed by atoms with Gasteiger partial charge in [-0.05, 0) is 28.1 Å². The molecule has 0 N–H and O–H groups in total. The molecule has 0 spiro atoms. The predicted molar refractivity (Wildman–Crippen MR) is 88.0 cm³/mol. The summed E-state index contributed by atoms with van der Waals surface area (Å²) in [5, 5.41) is 11.4. The summed E-state index contributed by atoms with van der Waals surface area (Å²) >= 11 is 2.45. The van der Waals surface area contributed by atoms with Gasteiger partial charge in [-0.3, -0.25) is 0 Å². The molecule has 4 aromatic rings. The lowest BCUT2D eigenvalue weighted by atomic mass is 10.2. The van der Waals surface area contributed by atoms with Crippen LogP contribution in [0.15, 0.2) is 33.3 Å². The molecule has 0 unspecified atom stereocenters. The Kier molecular flexibility index (Phi) is 4.10. The van der Waals surface area contributed by atoms with Crippen molar-refractivity contribution in [1.29, 1.82) is 0 Å². The highest BCUT2D eigenvalue weighted by Crippen LogP contribution is 2.37. The number of hydrogen-bond donors (Lipinski definition) is 0. The third kappa shape index (κ3) is 2.57. The fraction of sp³-hybridized carbons (Fsp3) is 0.0625. The van der Waals surface area contributed by atoms with Gasteiger partial charge in [0.15, 0.2) is 23.3 Å². The fourth-order valence-corrected chi connectivity index (χ4v) is 2.89. The quantitative estimate of drug-likeness (QED) is 0.267. The summed E-state index contributed by atoms with van der Waals surface area (Å²) in [7, 11) is 1.36. The number of aromatic nitrogens is 4. The standard InChI is InChI=1S/C16H7BrF4N4O2/c1-26-16-7(6-4-2-3-5-25(6)24-16)14-22-23-15(27-14)8-10(18)12(20)9(17)13(21)11(8)19/h2-5H,1H3. The van der Waals surface area contributed by atoms with E-state index in [2.05, 4.69) is 31.2 Å². The molecule has 0 radical (unpaired) electrons. The van der Waals surface area contributed by atoms with Crippen LogP contribution in [0.5, 0.6) is 5.88 Å². The first kappa shape index (κ1) is 17.5. The summed E-state index contributed by atoms with van der Waals surface area (Å²) in [6, 6.07) is 5.12. The molecular weight excluding hydrogens is 436 g/mol. The van der Waals surface area contributed by atoms with Crippen molar-refractivity contribution in [3.8, 4) is 28.8 Å². The van der Waals surface area contributed by atoms with Gasteiger partial charge < -0.3 is 9.15 Å². The number of fused-ring (bicyclic) bond motifs is 1. The summed E-state index contributed by atoms with van der Waals surface area (Å²) in [6.45, 7) is 0. The van der Waals surface area contributed by atoms with Crippen LogP contribution in [0.1, 0.15) is 0 Å². The summed E-state index contributed by atoms with van der Waals surface area (Å²) in [5.41, 5.74) is -0.336. The van der Waals surface area contributed by atoms with Crippen LogP contribution >= 0.6 is 15.9 Å². The van der Waals surface area contributed by atoms with Gasteiger partial charge in [-0.15, -0.1) is 15.3 Å². The highest BCUT2D eigenvalue weighted by molar-refractivity contribution is 9.10. The summed E-state index contributed by atoms with van der Waals surface area (Å²) in [6.07, 6.45) is 1.64. The number of ether oxygens (including phenoxy) is 1. The molecule has 1 aromatic carbocycles. The van der Waals surface area contributed by atoms with Gasteiger partial charge in [-0.25, -0.2) is 22.1 Å². The lowest BCUT2D eigenvalue weighted by molar-refractivity contribution is 0.395. The number of halogens is 5. The molecule has 11 heteroatoms. The van der Waals surface area contributed by atoms with E-state index in [9.17, 15) is 17.6 Å². The van der Waals surface area contributed by atoms with E-state index in [1.165, 1.54) is 11.6 Å². The minimum Gasteiger partial charge on any atom is -0.479 e. The monoisotopic (exact) mass is 442 g/mol. The van der Waals surface area contributed by atoms with Crippen molar-refractivity contribution >= 4 is 21.4 Å². The van der Waals surface area contributed by atoms with Gasteiger partial charge in [-0.2, -0.15) is 0 Å². The van der Waals surface area contributed by atoms with Crippen LogP contribution in [0.4, 0.5) is 17.6 Å². The van der Waals surface area contributed by atoms with Crippen LogP contribution in [0, 0.1) is 23.3 Å². The summed E-state index contributed by atoms with van der Waals surface area (Å²) in [5.74, 6) is -7.36. The normalized spacial score (nSPS) is 11.3. The third-order valence-electron chi connectivity index (χ3n) is 3.76. The van der Waals surface area contributed by atoms with Crippen molar-refractivity contribution in [2.75, 3.05) is 7.11 Å². The van der Waals surface area contributed by atoms with Crippen molar-refractivity contribution in [2.45, 2.75) is 0 Å². The average molecular weight is 443 g/mol. The zero-order valence-corrected chi connectivity index (χ0v) is 14.9. The van der Waals surface area contributed by atoms with Gasteiger partial charge in [0, 0.05) is 6.20 Å². The maximum Gasteiger partial charge on any atom is 0.255 e. The van der Waals surface area contributed by atoms with Crippen LogP contribution in [-0.4, -0.2) is 26.9 Å². The minimum atomic E-state index is -1.66. The van der Waals surface area contributed by atoms with Crippen LogP contribution in [0.2, 0.25) is 0 Å². The van der Waals surface area contributed by atoms with E-state index in [1.54, 1.807) is 24.4 Å². The molecule has 3 aromatic heterocycles. The molecule has 0 fully saturated rings. The van der Waals surface area contributed by atoms with Gasteiger partial charge >= 0.3 is 0 Å². The second kappa shape index (κ2) is 6.34. The SMILES string of the molecule is COc1nn2ccccc2c1-c1nnc(-c2c(F)c(F)c(Br)c(F)c2F)o1. The molecule has 138 valence electrons. The molecule has 0 aliphatic rings. The smallest absolute Gasteiger partial charge is 0.255 e. The second-order valence-electron chi connectivity index (χ2n) is 5.27. The van der Waals surface area contributed by atoms with Crippen molar-refractivity contribution in [3.05, 3.63) is 52.1 Å². The van der Waals surface area contributed by atoms with E-state index < -0.39 is 39.2 Å². The number of hydrogen-bond acceptors (Lipinski definition) is 5. The highest BCUT2D eigenvalue weighted by atomic mass is 79.9. The van der Waals surface area contributed by atoms with Gasteiger partial charge in [0.05, 0.1) is 17.1 Å². The van der Waals surface area contributed by atoms with Gasteiger partial charge in [0.1, 0.15) is 11.1 Å². The van der Waals surface area contributed by atoms with E-state index in [0.717, 1.165) is 0 Å². The first-order valence-corrected chi connectivity index (χ1v) is 8.10. The molecule has 0 aliphatic heterocycles. The molecule has 0 aliphatic carbocycles. The van der Waals surface area contributed by atoms with Crippen LogP contribution in [0.25, 0.3) is 28.4 Å². The molecule has 3 heterocycles. The molecule has 0 bridgehead atoms. The number of rotatable bonds is 3. The Morgan fingerprint density at radius 2 is 1.59 bits per heavy atom. The number of methoxy groups -OCH3 is 1. The second-order valence-corrected chi connectivity index (χ2v) is 6.07. The van der Waals surface area contributed by atoms with E-state index in [0.29, 0.717) is 5.52 Å². The molecule has 0 atom stereocenters. The fourth-order valence-electron chi connectivity index (χ4n) is 2.54. The topological polar surface area (TPSA) is 65.5 Å². The Labute approximate surface area is 156 Å². The van der Waals surface area contributed by atoms with Gasteiger partial charge in [0.25, 0.3) is 11.8 Å². The number of pyridine rings is 1. The molecule has 0 amide bonds. The lowest BCUT2D eigenvalue weighted by Crippen LogP contribution is -2.01. The van der Waals surface area contributed by atoms with E-state index >= 15 is 0 Å². The molecule has 27 heavy (non-hydrogen) atoms. The Balaban J connectivity index is 1.92. The Morgan fingerprint density at radius 1 is 0.963 bits per heavy atom. The maximum absolute atomic E-state index is 14.2. The molecule has 0 saturated carbocycles.